The van der Waals surface area contributed by atoms with E-state index in [2.05, 4.69) is 15.6 Å². The number of ether oxygens (including phenoxy) is 1. The van der Waals surface area contributed by atoms with E-state index in [1.54, 1.807) is 36.4 Å². The highest BCUT2D eigenvalue weighted by atomic mass is 16.5. The monoisotopic (exact) mass is 364 g/mol. The fourth-order valence-electron chi connectivity index (χ4n) is 2.58. The molecule has 1 heterocycles. The van der Waals surface area contributed by atoms with E-state index in [9.17, 15) is 9.59 Å². The van der Waals surface area contributed by atoms with Crippen LogP contribution >= 0.6 is 0 Å². The zero-order valence-electron chi connectivity index (χ0n) is 14.8. The third-order valence-corrected chi connectivity index (χ3v) is 3.83. The van der Waals surface area contributed by atoms with Gasteiger partial charge in [-0.05, 0) is 61.0 Å². The van der Waals surface area contributed by atoms with Gasteiger partial charge in [0.15, 0.2) is 0 Å². The van der Waals surface area contributed by atoms with Crippen LogP contribution in [0.2, 0.25) is 0 Å². The average Bonchev–Trinajstić information content (AvgIpc) is 3.10. The number of benzene rings is 2. The molecule has 7 nitrogen and oxygen atoms in total. The van der Waals surface area contributed by atoms with Gasteiger partial charge in [-0.1, -0.05) is 0 Å². The van der Waals surface area contributed by atoms with Gasteiger partial charge in [-0.2, -0.15) is 0 Å². The molecule has 3 rings (SSSR count). The minimum absolute atomic E-state index is 0.247. The third-order valence-electron chi connectivity index (χ3n) is 3.83. The lowest BCUT2D eigenvalue weighted by atomic mass is 10.1. The first-order valence-corrected chi connectivity index (χ1v) is 8.44. The highest BCUT2D eigenvalue weighted by molar-refractivity contribution is 6.07. The highest BCUT2D eigenvalue weighted by Crippen LogP contribution is 2.18. The molecule has 2 aromatic carbocycles. The molecule has 0 saturated carbocycles. The molecule has 0 aliphatic rings. The molecule has 7 heteroatoms. The molecule has 1 aromatic heterocycles. The van der Waals surface area contributed by atoms with Gasteiger partial charge in [0, 0.05) is 34.6 Å². The second-order valence-electron chi connectivity index (χ2n) is 5.78. The number of anilines is 1. The number of urea groups is 1. The van der Waals surface area contributed by atoms with Gasteiger partial charge in [0.1, 0.15) is 5.75 Å². The van der Waals surface area contributed by atoms with Crippen LogP contribution in [0.4, 0.5) is 10.5 Å². The Labute approximate surface area is 156 Å². The second kappa shape index (κ2) is 8.09. The number of nitrogens with two attached hydrogens (primary N) is 1. The highest BCUT2D eigenvalue weighted by Gasteiger charge is 2.08. The van der Waals surface area contributed by atoms with Gasteiger partial charge in [-0.25, -0.2) is 4.79 Å². The molecule has 0 unspecified atom stereocenters. The van der Waals surface area contributed by atoms with E-state index in [1.165, 1.54) is 6.08 Å². The number of nitrogens with one attached hydrogen (secondary N) is 3. The summed E-state index contributed by atoms with van der Waals surface area (Å²) in [5.74, 6) is 0.110. The van der Waals surface area contributed by atoms with Crippen LogP contribution in [-0.2, 0) is 4.79 Å². The fourth-order valence-corrected chi connectivity index (χ4v) is 2.58. The van der Waals surface area contributed by atoms with Crippen LogP contribution in [0, 0.1) is 0 Å². The first-order chi connectivity index (χ1) is 13.0. The largest absolute Gasteiger partial charge is 0.494 e. The van der Waals surface area contributed by atoms with Crippen molar-refractivity contribution in [2.45, 2.75) is 6.92 Å². The van der Waals surface area contributed by atoms with Gasteiger partial charge in [-0.3, -0.25) is 10.1 Å². The number of imide groups is 1. The Morgan fingerprint density at radius 1 is 1.15 bits per heavy atom. The normalized spacial score (nSPS) is 11.2. The van der Waals surface area contributed by atoms with Crippen molar-refractivity contribution >= 4 is 34.2 Å². The number of aromatic nitrogens is 1. The molecule has 0 aliphatic heterocycles. The number of hydrogen-bond acceptors (Lipinski definition) is 4. The molecule has 0 fully saturated rings. The smallest absolute Gasteiger partial charge is 0.326 e. The Bertz CT molecular complexity index is 990. The van der Waals surface area contributed by atoms with E-state index in [0.717, 1.165) is 16.7 Å². The topological polar surface area (TPSA) is 109 Å². The van der Waals surface area contributed by atoms with Crippen molar-refractivity contribution in [3.8, 4) is 5.75 Å². The molecule has 5 N–H and O–H groups in total. The first kappa shape index (κ1) is 18.1. The van der Waals surface area contributed by atoms with Crippen molar-refractivity contribution in [2.75, 3.05) is 11.9 Å². The van der Waals surface area contributed by atoms with Gasteiger partial charge in [-0.15, -0.1) is 0 Å². The Kier molecular flexibility index (Phi) is 5.41. The summed E-state index contributed by atoms with van der Waals surface area (Å²) < 4.78 is 5.36. The molecule has 0 atom stereocenters. The molecule has 0 aliphatic carbocycles. The lowest BCUT2D eigenvalue weighted by Crippen LogP contribution is -2.33. The second-order valence-corrected chi connectivity index (χ2v) is 5.78. The first-order valence-electron chi connectivity index (χ1n) is 8.44. The number of fused-ring (bicyclic) bond motifs is 1. The van der Waals surface area contributed by atoms with Crippen molar-refractivity contribution < 1.29 is 14.3 Å². The van der Waals surface area contributed by atoms with E-state index in [-0.39, 0.29) is 5.70 Å². The predicted molar refractivity (Wildman–Crippen MR) is 105 cm³/mol. The summed E-state index contributed by atoms with van der Waals surface area (Å²) in [6.45, 7) is 2.47. The molecular formula is C20H20N4O3. The number of aromatic amines is 1. The Balaban J connectivity index is 1.59. The van der Waals surface area contributed by atoms with E-state index in [4.69, 9.17) is 10.5 Å². The average molecular weight is 364 g/mol. The standard InChI is InChI=1S/C20H20N4O3/c1-2-27-16-6-3-13(4-7-16)17(21)12-19(25)24-20(26)23-15-5-8-18-14(11-15)9-10-22-18/h3-12,22H,2,21H2,1H3,(H2,23,24,25,26)/b17-12-. The SMILES string of the molecule is CCOc1ccc(/C(N)=C/C(=O)NC(=O)Nc2ccc3[nH]ccc3c2)cc1. The zero-order valence-corrected chi connectivity index (χ0v) is 14.8. The molecule has 0 saturated heterocycles. The summed E-state index contributed by atoms with van der Waals surface area (Å²) in [7, 11) is 0. The number of rotatable bonds is 5. The lowest BCUT2D eigenvalue weighted by molar-refractivity contribution is -0.115. The Hall–Kier alpha value is -3.74. The van der Waals surface area contributed by atoms with Gasteiger partial charge >= 0.3 is 6.03 Å². The fraction of sp³-hybridized carbons (Fsp3) is 0.100. The van der Waals surface area contributed by atoms with Crippen LogP contribution in [0.25, 0.3) is 16.6 Å². The summed E-state index contributed by atoms with van der Waals surface area (Å²) >= 11 is 0. The molecule has 138 valence electrons. The summed E-state index contributed by atoms with van der Waals surface area (Å²) in [5, 5.41) is 5.80. The molecule has 3 aromatic rings. The van der Waals surface area contributed by atoms with Gasteiger partial charge < -0.3 is 20.8 Å². The van der Waals surface area contributed by atoms with Crippen molar-refractivity contribution in [1.29, 1.82) is 0 Å². The number of H-pyrrole nitrogens is 1. The Morgan fingerprint density at radius 2 is 1.93 bits per heavy atom. The van der Waals surface area contributed by atoms with Crippen molar-refractivity contribution in [1.82, 2.24) is 10.3 Å². The maximum absolute atomic E-state index is 12.0. The molecule has 27 heavy (non-hydrogen) atoms. The molecule has 0 radical (unpaired) electrons. The van der Waals surface area contributed by atoms with Crippen LogP contribution in [0.5, 0.6) is 5.75 Å². The number of hydrogen-bond donors (Lipinski definition) is 4. The van der Waals surface area contributed by atoms with Crippen LogP contribution in [-0.4, -0.2) is 23.5 Å². The molecular weight excluding hydrogens is 344 g/mol. The van der Waals surface area contributed by atoms with E-state index >= 15 is 0 Å². The third kappa shape index (κ3) is 4.66. The van der Waals surface area contributed by atoms with Crippen LogP contribution in [0.3, 0.4) is 0 Å². The van der Waals surface area contributed by atoms with Crippen LogP contribution in [0.15, 0.2) is 60.8 Å². The number of carbonyl (C=O) groups excluding carboxylic acids is 2. The lowest BCUT2D eigenvalue weighted by Gasteiger charge is -2.07. The number of amides is 3. The van der Waals surface area contributed by atoms with Gasteiger partial charge in [0.05, 0.1) is 6.61 Å². The van der Waals surface area contributed by atoms with Crippen molar-refractivity contribution in [3.63, 3.8) is 0 Å². The molecule has 3 amide bonds. The minimum Gasteiger partial charge on any atom is -0.494 e. The predicted octanol–water partition coefficient (Wildman–Crippen LogP) is 3.21. The van der Waals surface area contributed by atoms with E-state index in [0.29, 0.717) is 17.9 Å². The van der Waals surface area contributed by atoms with Crippen LogP contribution < -0.4 is 21.1 Å². The maximum atomic E-state index is 12.0. The maximum Gasteiger partial charge on any atom is 0.326 e. The zero-order chi connectivity index (χ0) is 19.2. The minimum atomic E-state index is -0.634. The van der Waals surface area contributed by atoms with Crippen LogP contribution in [0.1, 0.15) is 12.5 Å². The number of carbonyl (C=O) groups is 2. The quantitative estimate of drug-likeness (QED) is 0.521. The van der Waals surface area contributed by atoms with Crippen molar-refractivity contribution in [2.24, 2.45) is 5.73 Å². The summed E-state index contributed by atoms with van der Waals surface area (Å²) in [4.78, 5) is 27.1. The van der Waals surface area contributed by atoms with Crippen molar-refractivity contribution in [3.05, 3.63) is 66.4 Å². The van der Waals surface area contributed by atoms with E-state index in [1.807, 2.05) is 25.3 Å². The molecule has 0 spiro atoms. The Morgan fingerprint density at radius 3 is 2.67 bits per heavy atom. The summed E-state index contributed by atoms with van der Waals surface area (Å²) in [5.41, 5.74) is 8.37. The summed E-state index contributed by atoms with van der Waals surface area (Å²) in [6, 6.07) is 13.7. The summed E-state index contributed by atoms with van der Waals surface area (Å²) in [6.07, 6.45) is 2.98. The van der Waals surface area contributed by atoms with Gasteiger partial charge in [0.2, 0.25) is 0 Å². The molecule has 0 bridgehead atoms. The van der Waals surface area contributed by atoms with E-state index < -0.39 is 11.9 Å². The van der Waals surface area contributed by atoms with Gasteiger partial charge in [0.25, 0.3) is 5.91 Å².